The largest absolute Gasteiger partial charge is 0.487 e. The average molecular weight is 383 g/mol. The van der Waals surface area contributed by atoms with E-state index in [9.17, 15) is 5.11 Å². The molecule has 1 aromatic heterocycles. The molecule has 1 saturated carbocycles. The lowest BCUT2D eigenvalue weighted by molar-refractivity contribution is 0.0389. The van der Waals surface area contributed by atoms with Crippen LogP contribution in [-0.2, 0) is 11.4 Å². The zero-order chi connectivity index (χ0) is 19.4. The van der Waals surface area contributed by atoms with Gasteiger partial charge >= 0.3 is 0 Å². The summed E-state index contributed by atoms with van der Waals surface area (Å²) in [6.07, 6.45) is 8.86. The maximum absolute atomic E-state index is 10.0. The zero-order valence-corrected chi connectivity index (χ0v) is 16.2. The highest BCUT2D eigenvalue weighted by molar-refractivity contribution is 5.80. The monoisotopic (exact) mass is 383 g/mol. The molecule has 0 radical (unpaired) electrons. The van der Waals surface area contributed by atoms with Gasteiger partial charge in [-0.25, -0.2) is 0 Å². The Balaban J connectivity index is 1.41. The van der Waals surface area contributed by atoms with Crippen molar-refractivity contribution in [3.8, 4) is 5.75 Å². The van der Waals surface area contributed by atoms with E-state index in [0.29, 0.717) is 30.6 Å². The van der Waals surface area contributed by atoms with Crippen LogP contribution in [0.1, 0.15) is 43.4 Å². The summed E-state index contributed by atoms with van der Waals surface area (Å²) >= 11 is 0. The number of nitrogens with one attached hydrogen (secondary N) is 1. The molecule has 1 aliphatic carbocycles. The number of aromatic nitrogens is 1. The minimum absolute atomic E-state index is 0.142. The Kier molecular flexibility index (Phi) is 8.27. The highest BCUT2D eigenvalue weighted by Gasteiger charge is 2.14. The van der Waals surface area contributed by atoms with Crippen molar-refractivity contribution in [2.75, 3.05) is 13.2 Å². The first-order valence-corrected chi connectivity index (χ1v) is 10.00. The molecule has 0 amide bonds. The van der Waals surface area contributed by atoms with Gasteiger partial charge in [-0.1, -0.05) is 54.8 Å². The molecule has 2 N–H and O–H groups in total. The van der Waals surface area contributed by atoms with Crippen molar-refractivity contribution in [1.82, 2.24) is 10.3 Å². The molecule has 1 atom stereocenters. The molecule has 0 saturated heterocycles. The number of rotatable bonds is 10. The zero-order valence-electron chi connectivity index (χ0n) is 16.2. The maximum Gasteiger partial charge on any atom is 0.147 e. The van der Waals surface area contributed by atoms with Gasteiger partial charge in [-0.3, -0.25) is 4.98 Å². The molecule has 2 aromatic rings. The minimum atomic E-state index is -0.586. The van der Waals surface area contributed by atoms with E-state index in [1.165, 1.54) is 38.3 Å². The molecule has 1 aliphatic rings. The number of aliphatic hydroxyl groups is 1. The number of oxime groups is 1. The Labute approximate surface area is 166 Å². The first kappa shape index (κ1) is 20.3. The summed E-state index contributed by atoms with van der Waals surface area (Å²) in [5.41, 5.74) is 1.67. The van der Waals surface area contributed by atoms with E-state index < -0.39 is 6.10 Å². The Morgan fingerprint density at radius 2 is 1.96 bits per heavy atom. The lowest BCUT2D eigenvalue weighted by Gasteiger charge is -2.23. The molecule has 6 nitrogen and oxygen atoms in total. The van der Waals surface area contributed by atoms with Gasteiger partial charge in [-0.15, -0.1) is 0 Å². The molecule has 1 unspecified atom stereocenters. The van der Waals surface area contributed by atoms with Crippen molar-refractivity contribution in [1.29, 1.82) is 0 Å². The van der Waals surface area contributed by atoms with Gasteiger partial charge in [0.2, 0.25) is 0 Å². The van der Waals surface area contributed by atoms with Crippen LogP contribution in [0.15, 0.2) is 53.8 Å². The standard InChI is InChI=1S/C22H29N3O3/c26-20(14-24-19-10-5-2-6-11-19)17-28-25-15-21-22(12-7-13-23-21)27-16-18-8-3-1-4-9-18/h1,3-4,7-9,12-13,15,19-20,24,26H,2,5-6,10-11,14,16-17H2/b25-15+. The summed E-state index contributed by atoms with van der Waals surface area (Å²) in [4.78, 5) is 9.52. The van der Waals surface area contributed by atoms with E-state index in [0.717, 1.165) is 5.56 Å². The molecule has 1 aromatic carbocycles. The van der Waals surface area contributed by atoms with Gasteiger partial charge in [0.25, 0.3) is 0 Å². The molecule has 28 heavy (non-hydrogen) atoms. The summed E-state index contributed by atoms with van der Waals surface area (Å²) in [7, 11) is 0. The van der Waals surface area contributed by atoms with E-state index in [-0.39, 0.29) is 6.61 Å². The molecule has 0 aliphatic heterocycles. The van der Waals surface area contributed by atoms with Crippen LogP contribution in [0.5, 0.6) is 5.75 Å². The van der Waals surface area contributed by atoms with Crippen LogP contribution in [0.4, 0.5) is 0 Å². The van der Waals surface area contributed by atoms with Crippen LogP contribution in [0.3, 0.4) is 0 Å². The Bertz CT molecular complexity index is 718. The average Bonchev–Trinajstić information content (AvgIpc) is 2.76. The van der Waals surface area contributed by atoms with E-state index in [1.54, 1.807) is 6.20 Å². The molecule has 0 bridgehead atoms. The highest BCUT2D eigenvalue weighted by atomic mass is 16.6. The minimum Gasteiger partial charge on any atom is -0.487 e. The van der Waals surface area contributed by atoms with Crippen LogP contribution >= 0.6 is 0 Å². The van der Waals surface area contributed by atoms with E-state index in [2.05, 4.69) is 15.5 Å². The fourth-order valence-electron chi connectivity index (χ4n) is 3.24. The predicted molar refractivity (Wildman–Crippen MR) is 109 cm³/mol. The van der Waals surface area contributed by atoms with Gasteiger partial charge in [-0.05, 0) is 30.5 Å². The van der Waals surface area contributed by atoms with Gasteiger partial charge < -0.3 is 20.0 Å². The number of hydrogen-bond donors (Lipinski definition) is 2. The van der Waals surface area contributed by atoms with E-state index in [4.69, 9.17) is 9.57 Å². The van der Waals surface area contributed by atoms with Crippen molar-refractivity contribution in [2.45, 2.75) is 50.9 Å². The number of hydrogen-bond acceptors (Lipinski definition) is 6. The number of pyridine rings is 1. The van der Waals surface area contributed by atoms with Crippen LogP contribution in [-0.4, -0.2) is 41.6 Å². The van der Waals surface area contributed by atoms with Gasteiger partial charge in [0, 0.05) is 18.8 Å². The third-order valence-corrected chi connectivity index (χ3v) is 4.80. The van der Waals surface area contributed by atoms with E-state index >= 15 is 0 Å². The third-order valence-electron chi connectivity index (χ3n) is 4.80. The van der Waals surface area contributed by atoms with Crippen LogP contribution in [0, 0.1) is 0 Å². The second-order valence-electron chi connectivity index (χ2n) is 7.09. The Hall–Kier alpha value is -2.44. The van der Waals surface area contributed by atoms with Crippen molar-refractivity contribution >= 4 is 6.21 Å². The quantitative estimate of drug-likeness (QED) is 0.486. The second kappa shape index (κ2) is 11.4. The first-order valence-electron chi connectivity index (χ1n) is 10.00. The lowest BCUT2D eigenvalue weighted by atomic mass is 9.95. The van der Waals surface area contributed by atoms with Crippen molar-refractivity contribution in [2.24, 2.45) is 5.16 Å². The summed E-state index contributed by atoms with van der Waals surface area (Å²) in [6, 6.07) is 14.1. The normalized spacial score (nSPS) is 16.2. The lowest BCUT2D eigenvalue weighted by Crippen LogP contribution is -2.38. The maximum atomic E-state index is 10.0. The van der Waals surface area contributed by atoms with Gasteiger partial charge in [0.05, 0.1) is 6.21 Å². The highest BCUT2D eigenvalue weighted by Crippen LogP contribution is 2.17. The topological polar surface area (TPSA) is 76.0 Å². The first-order chi connectivity index (χ1) is 13.8. The van der Waals surface area contributed by atoms with Gasteiger partial charge in [-0.2, -0.15) is 0 Å². The molecule has 150 valence electrons. The summed E-state index contributed by atoms with van der Waals surface area (Å²) in [6.45, 7) is 1.12. The predicted octanol–water partition coefficient (Wildman–Crippen LogP) is 3.29. The fraction of sp³-hybridized carbons (Fsp3) is 0.455. The third kappa shape index (κ3) is 6.94. The Morgan fingerprint density at radius 3 is 2.79 bits per heavy atom. The molecule has 3 rings (SSSR count). The molecular weight excluding hydrogens is 354 g/mol. The summed E-state index contributed by atoms with van der Waals surface area (Å²) in [5.74, 6) is 0.637. The number of aliphatic hydroxyl groups excluding tert-OH is 1. The molecular formula is C22H29N3O3. The van der Waals surface area contributed by atoms with Crippen molar-refractivity contribution in [3.63, 3.8) is 0 Å². The number of benzene rings is 1. The van der Waals surface area contributed by atoms with Gasteiger partial charge in [0.1, 0.15) is 30.8 Å². The summed E-state index contributed by atoms with van der Waals surface area (Å²) < 4.78 is 5.84. The molecule has 1 heterocycles. The number of nitrogens with zero attached hydrogens (tertiary/aromatic N) is 2. The van der Waals surface area contributed by atoms with Crippen molar-refractivity contribution < 1.29 is 14.7 Å². The molecule has 0 spiro atoms. The Morgan fingerprint density at radius 1 is 1.14 bits per heavy atom. The van der Waals surface area contributed by atoms with Crippen LogP contribution in [0.2, 0.25) is 0 Å². The van der Waals surface area contributed by atoms with Crippen LogP contribution < -0.4 is 10.1 Å². The molecule has 1 fully saturated rings. The van der Waals surface area contributed by atoms with Gasteiger partial charge in [0.15, 0.2) is 0 Å². The van der Waals surface area contributed by atoms with Crippen molar-refractivity contribution in [3.05, 3.63) is 59.9 Å². The van der Waals surface area contributed by atoms with Crippen LogP contribution in [0.25, 0.3) is 0 Å². The summed E-state index contributed by atoms with van der Waals surface area (Å²) in [5, 5.41) is 17.4. The SMILES string of the molecule is OC(CNC1CCCCC1)CO/N=C/c1ncccc1OCc1ccccc1. The van der Waals surface area contributed by atoms with E-state index in [1.807, 2.05) is 42.5 Å². The number of ether oxygens (including phenoxy) is 1. The second-order valence-corrected chi connectivity index (χ2v) is 7.09. The smallest absolute Gasteiger partial charge is 0.147 e. The molecule has 6 heteroatoms. The fourth-order valence-corrected chi connectivity index (χ4v) is 3.24.